The monoisotopic (exact) mass is 241 g/mol. The Kier molecular flexibility index (Phi) is 4.07. The number of ether oxygens (including phenoxy) is 1. The van der Waals surface area contributed by atoms with Crippen LogP contribution in [-0.4, -0.2) is 19.7 Å². The summed E-state index contributed by atoms with van der Waals surface area (Å²) in [4.78, 5) is 0. The first-order valence-electron chi connectivity index (χ1n) is 6.00. The second-order valence-electron chi connectivity index (χ2n) is 4.29. The summed E-state index contributed by atoms with van der Waals surface area (Å²) < 4.78 is 32.4. The molecular weight excluding hydrogens is 224 g/mol. The van der Waals surface area contributed by atoms with E-state index in [1.807, 2.05) is 6.92 Å². The van der Waals surface area contributed by atoms with Gasteiger partial charge >= 0.3 is 0 Å². The molecule has 2 rings (SSSR count). The van der Waals surface area contributed by atoms with Crippen LogP contribution in [0.5, 0.6) is 0 Å². The third-order valence-electron chi connectivity index (χ3n) is 3.16. The van der Waals surface area contributed by atoms with Crippen LogP contribution < -0.4 is 5.32 Å². The maximum absolute atomic E-state index is 13.7. The van der Waals surface area contributed by atoms with E-state index >= 15 is 0 Å². The van der Waals surface area contributed by atoms with Gasteiger partial charge in [0.1, 0.15) is 0 Å². The largest absolute Gasteiger partial charge is 0.373 e. The number of nitrogens with one attached hydrogen (secondary N) is 1. The lowest BCUT2D eigenvalue weighted by molar-refractivity contribution is 0.0870. The van der Waals surface area contributed by atoms with Crippen molar-refractivity contribution in [2.75, 3.05) is 19.7 Å². The molecule has 1 N–H and O–H groups in total. The summed E-state index contributed by atoms with van der Waals surface area (Å²) in [5, 5.41) is 3.23. The van der Waals surface area contributed by atoms with Crippen molar-refractivity contribution in [3.05, 3.63) is 35.4 Å². The Morgan fingerprint density at radius 1 is 1.41 bits per heavy atom. The molecule has 1 aliphatic heterocycles. The van der Waals surface area contributed by atoms with Gasteiger partial charge < -0.3 is 10.1 Å². The van der Waals surface area contributed by atoms with Gasteiger partial charge in [0.25, 0.3) is 0 Å². The molecule has 1 aromatic carbocycles. The third kappa shape index (κ3) is 2.64. The minimum Gasteiger partial charge on any atom is -0.373 e. The highest BCUT2D eigenvalue weighted by Gasteiger charge is 2.31. The van der Waals surface area contributed by atoms with Crippen LogP contribution in [0, 0.1) is 17.6 Å². The molecule has 94 valence electrons. The second kappa shape index (κ2) is 5.56. The van der Waals surface area contributed by atoms with E-state index in [4.69, 9.17) is 4.74 Å². The highest BCUT2D eigenvalue weighted by molar-refractivity contribution is 5.22. The quantitative estimate of drug-likeness (QED) is 0.875. The van der Waals surface area contributed by atoms with Gasteiger partial charge in [-0.25, -0.2) is 8.78 Å². The highest BCUT2D eigenvalue weighted by atomic mass is 19.2. The predicted molar refractivity (Wildman–Crippen MR) is 61.7 cm³/mol. The van der Waals surface area contributed by atoms with Gasteiger partial charge in [-0.2, -0.15) is 0 Å². The van der Waals surface area contributed by atoms with Crippen LogP contribution in [0.2, 0.25) is 0 Å². The molecule has 0 bridgehead atoms. The van der Waals surface area contributed by atoms with Crippen LogP contribution in [0.25, 0.3) is 0 Å². The fourth-order valence-corrected chi connectivity index (χ4v) is 2.26. The smallest absolute Gasteiger partial charge is 0.164 e. The molecule has 2 nitrogen and oxygen atoms in total. The van der Waals surface area contributed by atoms with Crippen molar-refractivity contribution >= 4 is 0 Å². The van der Waals surface area contributed by atoms with Crippen LogP contribution in [0.15, 0.2) is 18.2 Å². The van der Waals surface area contributed by atoms with Crippen LogP contribution >= 0.6 is 0 Å². The first-order chi connectivity index (χ1) is 8.24. The highest BCUT2D eigenvalue weighted by Crippen LogP contribution is 2.35. The summed E-state index contributed by atoms with van der Waals surface area (Å²) >= 11 is 0. The summed E-state index contributed by atoms with van der Waals surface area (Å²) in [6, 6.07) is 4.26. The van der Waals surface area contributed by atoms with Crippen molar-refractivity contribution < 1.29 is 13.5 Å². The first-order valence-corrected chi connectivity index (χ1v) is 6.00. The zero-order valence-electron chi connectivity index (χ0n) is 9.88. The summed E-state index contributed by atoms with van der Waals surface area (Å²) in [6.07, 6.45) is 0.554. The summed E-state index contributed by atoms with van der Waals surface area (Å²) in [6.45, 7) is 4.27. The molecule has 2 atom stereocenters. The van der Waals surface area contributed by atoms with Gasteiger partial charge in [0, 0.05) is 24.6 Å². The average Bonchev–Trinajstić information content (AvgIpc) is 2.78. The normalized spacial score (nSPS) is 24.2. The van der Waals surface area contributed by atoms with Gasteiger partial charge in [-0.05, 0) is 19.0 Å². The maximum atomic E-state index is 13.7. The summed E-state index contributed by atoms with van der Waals surface area (Å²) in [7, 11) is 0. The van der Waals surface area contributed by atoms with E-state index < -0.39 is 11.6 Å². The van der Waals surface area contributed by atoms with E-state index in [0.29, 0.717) is 12.2 Å². The number of benzene rings is 1. The molecular formula is C13H17F2NO. The molecule has 2 unspecified atom stereocenters. The van der Waals surface area contributed by atoms with Crippen LogP contribution in [0.1, 0.15) is 25.0 Å². The zero-order chi connectivity index (χ0) is 12.3. The predicted octanol–water partition coefficient (Wildman–Crippen LogP) is 2.65. The van der Waals surface area contributed by atoms with E-state index in [1.54, 1.807) is 6.07 Å². The SMILES string of the molecule is CCNCC1CCOC1c1cccc(F)c1F. The Morgan fingerprint density at radius 3 is 3.00 bits per heavy atom. The van der Waals surface area contributed by atoms with E-state index in [-0.39, 0.29) is 12.0 Å². The van der Waals surface area contributed by atoms with E-state index in [0.717, 1.165) is 25.6 Å². The van der Waals surface area contributed by atoms with Gasteiger partial charge in [0.05, 0.1) is 6.10 Å². The molecule has 4 heteroatoms. The first kappa shape index (κ1) is 12.5. The van der Waals surface area contributed by atoms with Gasteiger partial charge in [0.2, 0.25) is 0 Å². The number of rotatable bonds is 4. The molecule has 1 aliphatic rings. The number of hydrogen-bond acceptors (Lipinski definition) is 2. The Hall–Kier alpha value is -1.00. The molecule has 1 fully saturated rings. The van der Waals surface area contributed by atoms with Crippen LogP contribution in [0.4, 0.5) is 8.78 Å². The Labute approximate surface area is 100.0 Å². The van der Waals surface area contributed by atoms with Crippen LogP contribution in [0.3, 0.4) is 0 Å². The third-order valence-corrected chi connectivity index (χ3v) is 3.16. The fourth-order valence-electron chi connectivity index (χ4n) is 2.26. The minimum absolute atomic E-state index is 0.214. The Bertz CT molecular complexity index is 384. The number of halogens is 2. The molecule has 0 aliphatic carbocycles. The molecule has 0 spiro atoms. The molecule has 0 aromatic heterocycles. The number of hydrogen-bond donors (Lipinski definition) is 1. The van der Waals surface area contributed by atoms with Crippen molar-refractivity contribution in [3.8, 4) is 0 Å². The van der Waals surface area contributed by atoms with E-state index in [1.165, 1.54) is 6.07 Å². The van der Waals surface area contributed by atoms with Crippen molar-refractivity contribution in [2.45, 2.75) is 19.4 Å². The lowest BCUT2D eigenvalue weighted by Crippen LogP contribution is -2.25. The minimum atomic E-state index is -0.805. The lowest BCUT2D eigenvalue weighted by atomic mass is 9.95. The average molecular weight is 241 g/mol. The van der Waals surface area contributed by atoms with E-state index in [2.05, 4.69) is 5.32 Å². The fraction of sp³-hybridized carbons (Fsp3) is 0.538. The van der Waals surface area contributed by atoms with Crippen molar-refractivity contribution in [1.29, 1.82) is 0 Å². The molecule has 1 aromatic rings. The van der Waals surface area contributed by atoms with Gasteiger partial charge in [-0.15, -0.1) is 0 Å². The molecule has 0 saturated carbocycles. The summed E-state index contributed by atoms with van der Waals surface area (Å²) in [5.41, 5.74) is 0.338. The molecule has 0 amide bonds. The summed E-state index contributed by atoms with van der Waals surface area (Å²) in [5.74, 6) is -1.37. The maximum Gasteiger partial charge on any atom is 0.164 e. The van der Waals surface area contributed by atoms with Gasteiger partial charge in [-0.1, -0.05) is 19.1 Å². The van der Waals surface area contributed by atoms with Crippen molar-refractivity contribution in [2.24, 2.45) is 5.92 Å². The van der Waals surface area contributed by atoms with Gasteiger partial charge in [-0.3, -0.25) is 0 Å². The molecule has 1 heterocycles. The zero-order valence-corrected chi connectivity index (χ0v) is 9.88. The van der Waals surface area contributed by atoms with Crippen LogP contribution in [-0.2, 0) is 4.74 Å². The second-order valence-corrected chi connectivity index (χ2v) is 4.29. The molecule has 1 saturated heterocycles. The van der Waals surface area contributed by atoms with Gasteiger partial charge in [0.15, 0.2) is 11.6 Å². The van der Waals surface area contributed by atoms with Crippen molar-refractivity contribution in [1.82, 2.24) is 5.32 Å². The molecule has 0 radical (unpaired) electrons. The van der Waals surface area contributed by atoms with Crippen molar-refractivity contribution in [3.63, 3.8) is 0 Å². The standard InChI is InChI=1S/C13H17F2NO/c1-2-16-8-9-6-7-17-13(9)10-4-3-5-11(14)12(10)15/h3-5,9,13,16H,2,6-8H2,1H3. The van der Waals surface area contributed by atoms with E-state index in [9.17, 15) is 8.78 Å². The Balaban J connectivity index is 2.17. The lowest BCUT2D eigenvalue weighted by Gasteiger charge is -2.19. The topological polar surface area (TPSA) is 21.3 Å². The Morgan fingerprint density at radius 2 is 2.24 bits per heavy atom. The molecule has 17 heavy (non-hydrogen) atoms.